The fourth-order valence-electron chi connectivity index (χ4n) is 5.11. The number of fused-ring (bicyclic) bond motifs is 2. The number of carboxylic acid groups (broad SMARTS) is 1. The normalized spacial score (nSPS) is 14.2. The third-order valence-corrected chi connectivity index (χ3v) is 7.50. The van der Waals surface area contributed by atoms with Gasteiger partial charge in [0.2, 0.25) is 0 Å². The second kappa shape index (κ2) is 12.0. The van der Waals surface area contributed by atoms with Crippen LogP contribution >= 0.6 is 0 Å². The van der Waals surface area contributed by atoms with E-state index < -0.39 is 5.97 Å². The number of carboxylic acids is 1. The summed E-state index contributed by atoms with van der Waals surface area (Å²) in [5.41, 5.74) is 7.06. The van der Waals surface area contributed by atoms with E-state index >= 15 is 0 Å². The van der Waals surface area contributed by atoms with E-state index in [1.54, 1.807) is 0 Å². The van der Waals surface area contributed by atoms with Gasteiger partial charge in [-0.3, -0.25) is 4.79 Å². The van der Waals surface area contributed by atoms with Gasteiger partial charge in [0.15, 0.2) is 0 Å². The van der Waals surface area contributed by atoms with E-state index in [0.29, 0.717) is 13.2 Å². The molecule has 6 rings (SSSR count). The molecule has 1 saturated heterocycles. The summed E-state index contributed by atoms with van der Waals surface area (Å²) in [5, 5.41) is 11.8. The van der Waals surface area contributed by atoms with Gasteiger partial charge in [-0.2, -0.15) is 0 Å². The van der Waals surface area contributed by atoms with Crippen LogP contribution in [0.25, 0.3) is 44.8 Å². The van der Waals surface area contributed by atoms with Crippen molar-refractivity contribution in [1.29, 1.82) is 0 Å². The largest absolute Gasteiger partial charge is 0.494 e. The molecular formula is C31H35N7O3. The van der Waals surface area contributed by atoms with Crippen LogP contribution in [0.2, 0.25) is 0 Å². The Balaban J connectivity index is 1.10. The first kappa shape index (κ1) is 26.8. The average Bonchev–Trinajstić information content (AvgIpc) is 3.61. The number of anilines is 1. The summed E-state index contributed by atoms with van der Waals surface area (Å²) in [4.78, 5) is 32.0. The molecule has 1 fully saturated rings. The molecule has 0 aliphatic carbocycles. The molecule has 2 aromatic heterocycles. The number of aromatic nitrogens is 4. The highest BCUT2D eigenvalue weighted by molar-refractivity contribution is 5.87. The number of aliphatic carboxylic acids is 1. The van der Waals surface area contributed by atoms with Crippen LogP contribution in [0.3, 0.4) is 0 Å². The van der Waals surface area contributed by atoms with E-state index in [2.05, 4.69) is 62.5 Å². The van der Waals surface area contributed by atoms with E-state index in [1.807, 2.05) is 30.3 Å². The number of hydrogen-bond donors (Lipinski definition) is 4. The molecule has 10 nitrogen and oxygen atoms in total. The number of rotatable bonds is 11. The molecule has 0 unspecified atom stereocenters. The lowest BCUT2D eigenvalue weighted by molar-refractivity contribution is -0.136. The zero-order valence-corrected chi connectivity index (χ0v) is 23.2. The average molecular weight is 554 g/mol. The van der Waals surface area contributed by atoms with E-state index in [4.69, 9.17) is 19.8 Å². The number of H-pyrrole nitrogens is 2. The topological polar surface area (TPSA) is 122 Å². The highest BCUT2D eigenvalue weighted by Crippen LogP contribution is 2.28. The molecular weight excluding hydrogens is 518 g/mol. The van der Waals surface area contributed by atoms with Gasteiger partial charge in [0.05, 0.1) is 35.1 Å². The third-order valence-electron chi connectivity index (χ3n) is 7.50. The Morgan fingerprint density at radius 1 is 0.878 bits per heavy atom. The summed E-state index contributed by atoms with van der Waals surface area (Å²) >= 11 is 0. The van der Waals surface area contributed by atoms with Gasteiger partial charge in [-0.15, -0.1) is 0 Å². The predicted molar refractivity (Wildman–Crippen MR) is 162 cm³/mol. The number of carbonyl (C=O) groups is 1. The van der Waals surface area contributed by atoms with Crippen LogP contribution < -0.4 is 15.0 Å². The number of imidazole rings is 2. The molecule has 0 saturated carbocycles. The molecule has 5 aromatic rings. The third kappa shape index (κ3) is 6.34. The van der Waals surface area contributed by atoms with Crippen LogP contribution in [0, 0.1) is 0 Å². The fourth-order valence-corrected chi connectivity index (χ4v) is 5.11. The highest BCUT2D eigenvalue weighted by Gasteiger charge is 2.16. The molecule has 41 heavy (non-hydrogen) atoms. The van der Waals surface area contributed by atoms with Crippen molar-refractivity contribution in [2.24, 2.45) is 0 Å². The van der Waals surface area contributed by atoms with Crippen molar-refractivity contribution in [3.8, 4) is 28.5 Å². The van der Waals surface area contributed by atoms with Crippen molar-refractivity contribution in [1.82, 2.24) is 30.2 Å². The number of hydrogen-bond acceptors (Lipinski definition) is 7. The molecule has 0 radical (unpaired) electrons. The van der Waals surface area contributed by atoms with Crippen molar-refractivity contribution in [2.75, 3.05) is 57.8 Å². The van der Waals surface area contributed by atoms with Crippen molar-refractivity contribution < 1.29 is 14.6 Å². The monoisotopic (exact) mass is 553 g/mol. The summed E-state index contributed by atoms with van der Waals surface area (Å²) in [7, 11) is 2.17. The molecule has 1 aliphatic heterocycles. The van der Waals surface area contributed by atoms with Crippen molar-refractivity contribution in [2.45, 2.75) is 12.8 Å². The molecule has 1 aliphatic rings. The number of ether oxygens (including phenoxy) is 1. The van der Waals surface area contributed by atoms with E-state index in [-0.39, 0.29) is 6.42 Å². The van der Waals surface area contributed by atoms with Gasteiger partial charge in [-0.25, -0.2) is 9.97 Å². The minimum atomic E-state index is -0.792. The molecule has 3 heterocycles. The fraction of sp³-hybridized carbons (Fsp3) is 0.323. The van der Waals surface area contributed by atoms with Gasteiger partial charge in [-0.1, -0.05) is 0 Å². The van der Waals surface area contributed by atoms with Gasteiger partial charge in [-0.05, 0) is 80.7 Å². The maximum atomic E-state index is 10.5. The van der Waals surface area contributed by atoms with Gasteiger partial charge in [0.25, 0.3) is 0 Å². The molecule has 4 N–H and O–H groups in total. The van der Waals surface area contributed by atoms with E-state index in [0.717, 1.165) is 89.7 Å². The van der Waals surface area contributed by atoms with Crippen LogP contribution in [0.4, 0.5) is 5.69 Å². The molecule has 0 bridgehead atoms. The maximum absolute atomic E-state index is 10.5. The zero-order chi connectivity index (χ0) is 28.2. The number of aromatic amines is 2. The quantitative estimate of drug-likeness (QED) is 0.178. The maximum Gasteiger partial charge on any atom is 0.304 e. The summed E-state index contributed by atoms with van der Waals surface area (Å²) in [6.45, 7) is 5.98. The van der Waals surface area contributed by atoms with Crippen molar-refractivity contribution in [3.05, 3.63) is 60.7 Å². The highest BCUT2D eigenvalue weighted by atomic mass is 16.5. The standard InChI is InChI=1S/C31H35N7O3/c1-37-14-16-38(17-15-37)23-6-10-26-28(20-23)36-31(34-26)22-5-9-25-27(19-22)35-30(33-25)21-3-7-24(8-4-21)41-18-2-12-32-13-11-29(39)40/h3-10,19-20,32H,2,11-18H2,1H3,(H,33,35)(H,34,36)(H,39,40). The Bertz CT molecular complexity index is 1640. The molecule has 0 atom stereocenters. The van der Waals surface area contributed by atoms with Crippen LogP contribution in [-0.4, -0.2) is 88.8 Å². The molecule has 0 amide bonds. The Kier molecular flexibility index (Phi) is 7.84. The second-order valence-corrected chi connectivity index (χ2v) is 10.5. The first-order chi connectivity index (χ1) is 20.0. The molecule has 3 aromatic carbocycles. The van der Waals surface area contributed by atoms with Gasteiger partial charge < -0.3 is 34.9 Å². The van der Waals surface area contributed by atoms with Crippen LogP contribution in [-0.2, 0) is 4.79 Å². The van der Waals surface area contributed by atoms with Gasteiger partial charge in [0.1, 0.15) is 17.4 Å². The number of nitrogens with zero attached hydrogens (tertiary/aromatic N) is 4. The van der Waals surface area contributed by atoms with E-state index in [9.17, 15) is 4.79 Å². The second-order valence-electron chi connectivity index (χ2n) is 10.5. The predicted octanol–water partition coefficient (Wildman–Crippen LogP) is 4.36. The lowest BCUT2D eigenvalue weighted by atomic mass is 10.2. The first-order valence-corrected chi connectivity index (χ1v) is 14.1. The Morgan fingerprint density at radius 3 is 2.27 bits per heavy atom. The van der Waals surface area contributed by atoms with Crippen LogP contribution in [0.15, 0.2) is 60.7 Å². The Hall–Kier alpha value is -4.41. The SMILES string of the molecule is CN1CCN(c2ccc3nc(-c4ccc5nc(-c6ccc(OCCCNCCC(=O)O)cc6)[nH]c5c4)[nH]c3c2)CC1. The minimum absolute atomic E-state index is 0.128. The van der Waals surface area contributed by atoms with Crippen LogP contribution in [0.1, 0.15) is 12.8 Å². The zero-order valence-electron chi connectivity index (χ0n) is 23.2. The van der Waals surface area contributed by atoms with Crippen molar-refractivity contribution >= 4 is 33.7 Å². The molecule has 10 heteroatoms. The smallest absolute Gasteiger partial charge is 0.304 e. The number of likely N-dealkylation sites (N-methyl/N-ethyl adjacent to an activating group) is 1. The van der Waals surface area contributed by atoms with Gasteiger partial charge in [0, 0.05) is 49.5 Å². The summed E-state index contributed by atoms with van der Waals surface area (Å²) < 4.78 is 5.82. The number of nitrogens with one attached hydrogen (secondary N) is 3. The molecule has 0 spiro atoms. The van der Waals surface area contributed by atoms with E-state index in [1.165, 1.54) is 5.69 Å². The molecule has 212 valence electrons. The minimum Gasteiger partial charge on any atom is -0.494 e. The Morgan fingerprint density at radius 2 is 1.54 bits per heavy atom. The van der Waals surface area contributed by atoms with Crippen molar-refractivity contribution in [3.63, 3.8) is 0 Å². The summed E-state index contributed by atoms with van der Waals surface area (Å²) in [6, 6.07) is 20.5. The van der Waals surface area contributed by atoms with Gasteiger partial charge >= 0.3 is 5.97 Å². The first-order valence-electron chi connectivity index (χ1n) is 14.1. The summed E-state index contributed by atoms with van der Waals surface area (Å²) in [6.07, 6.45) is 0.930. The number of benzene rings is 3. The lowest BCUT2D eigenvalue weighted by Gasteiger charge is -2.34. The lowest BCUT2D eigenvalue weighted by Crippen LogP contribution is -2.44. The Labute approximate surface area is 238 Å². The van der Waals surface area contributed by atoms with Crippen LogP contribution in [0.5, 0.6) is 5.75 Å². The summed E-state index contributed by atoms with van der Waals surface area (Å²) in [5.74, 6) is 1.64. The number of piperazine rings is 1.